The minimum Gasteiger partial charge on any atom is -0.0837 e. The quantitative estimate of drug-likeness (QED) is 0.476. The average Bonchev–Trinajstić information content (AvgIpc) is 2.31. The lowest BCUT2D eigenvalue weighted by Gasteiger charge is -2.08. The van der Waals surface area contributed by atoms with Crippen molar-refractivity contribution in [3.8, 4) is 0 Å². The van der Waals surface area contributed by atoms with Crippen LogP contribution in [0.1, 0.15) is 5.56 Å². The van der Waals surface area contributed by atoms with Crippen molar-refractivity contribution in [2.45, 2.75) is 6.92 Å². The van der Waals surface area contributed by atoms with E-state index >= 15 is 0 Å². The fourth-order valence-electron chi connectivity index (χ4n) is 2.27. The van der Waals surface area contributed by atoms with Gasteiger partial charge in [0.25, 0.3) is 0 Å². The van der Waals surface area contributed by atoms with Crippen molar-refractivity contribution in [3.05, 3.63) is 59.1 Å². The summed E-state index contributed by atoms with van der Waals surface area (Å²) in [5.74, 6) is 0. The zero-order valence-corrected chi connectivity index (χ0v) is 9.75. The van der Waals surface area contributed by atoms with Crippen LogP contribution in [-0.2, 0) is 0 Å². The van der Waals surface area contributed by atoms with Gasteiger partial charge in [-0.3, -0.25) is 0 Å². The smallest absolute Gasteiger partial charge is 0.0484 e. The fraction of sp³-hybridized carbons (Fsp3) is 0.0667. The van der Waals surface area contributed by atoms with Crippen molar-refractivity contribution in [3.63, 3.8) is 0 Å². The van der Waals surface area contributed by atoms with Crippen molar-refractivity contribution in [2.24, 2.45) is 0 Å². The number of aryl methyl sites for hydroxylation is 1. The van der Waals surface area contributed by atoms with Crippen LogP contribution in [0.3, 0.4) is 0 Å². The Morgan fingerprint density at radius 2 is 1.38 bits per heavy atom. The van der Waals surface area contributed by atoms with E-state index in [1.165, 1.54) is 21.7 Å². The van der Waals surface area contributed by atoms with Gasteiger partial charge in [0.05, 0.1) is 0 Å². The van der Waals surface area contributed by atoms with E-state index in [-0.39, 0.29) is 0 Å². The van der Waals surface area contributed by atoms with Gasteiger partial charge in [0.15, 0.2) is 0 Å². The summed E-state index contributed by atoms with van der Waals surface area (Å²) in [5.41, 5.74) is 1.27. The maximum atomic E-state index is 6.23. The van der Waals surface area contributed by atoms with Crippen molar-refractivity contribution >= 4 is 33.1 Å². The van der Waals surface area contributed by atoms with Gasteiger partial charge in [0.2, 0.25) is 0 Å². The molecule has 0 aromatic heterocycles. The maximum Gasteiger partial charge on any atom is 0.0484 e. The Bertz CT molecular complexity index is 678. The number of rotatable bonds is 0. The molecule has 3 aromatic carbocycles. The van der Waals surface area contributed by atoms with Gasteiger partial charge < -0.3 is 0 Å². The fourth-order valence-corrected chi connectivity index (χ4v) is 2.50. The topological polar surface area (TPSA) is 0 Å². The van der Waals surface area contributed by atoms with Crippen molar-refractivity contribution in [1.29, 1.82) is 0 Å². The largest absolute Gasteiger partial charge is 0.0837 e. The van der Waals surface area contributed by atoms with Crippen LogP contribution in [-0.4, -0.2) is 0 Å². The Labute approximate surface area is 99.5 Å². The van der Waals surface area contributed by atoms with Crippen LogP contribution >= 0.6 is 11.6 Å². The van der Waals surface area contributed by atoms with Gasteiger partial charge in [0.1, 0.15) is 0 Å². The molecule has 0 fully saturated rings. The molecule has 0 atom stereocenters. The molecule has 3 rings (SSSR count). The molecule has 0 aliphatic heterocycles. The van der Waals surface area contributed by atoms with Gasteiger partial charge in [-0.15, -0.1) is 0 Å². The number of benzene rings is 3. The molecule has 0 radical (unpaired) electrons. The Kier molecular flexibility index (Phi) is 2.12. The van der Waals surface area contributed by atoms with Crippen molar-refractivity contribution < 1.29 is 0 Å². The van der Waals surface area contributed by atoms with Crippen molar-refractivity contribution in [2.75, 3.05) is 0 Å². The summed E-state index contributed by atoms with van der Waals surface area (Å²) in [4.78, 5) is 0. The first kappa shape index (κ1) is 9.68. The summed E-state index contributed by atoms with van der Waals surface area (Å²) >= 11 is 6.23. The molecule has 0 spiro atoms. The molecule has 0 aliphatic rings. The molecule has 78 valence electrons. The first-order chi connectivity index (χ1) is 7.77. The molecule has 0 N–H and O–H groups in total. The predicted octanol–water partition coefficient (Wildman–Crippen LogP) is 4.95. The number of hydrogen-bond acceptors (Lipinski definition) is 0. The lowest BCUT2D eigenvalue weighted by Crippen LogP contribution is -1.82. The minimum atomic E-state index is 0.825. The third kappa shape index (κ3) is 1.30. The lowest BCUT2D eigenvalue weighted by atomic mass is 9.98. The Balaban J connectivity index is 2.64. The van der Waals surface area contributed by atoms with Crippen LogP contribution in [0.4, 0.5) is 0 Å². The normalized spacial score (nSPS) is 11.1. The molecule has 0 nitrogen and oxygen atoms in total. The minimum absolute atomic E-state index is 0.825. The van der Waals surface area contributed by atoms with Gasteiger partial charge >= 0.3 is 0 Å². The Morgan fingerprint density at radius 3 is 2.19 bits per heavy atom. The van der Waals surface area contributed by atoms with E-state index in [9.17, 15) is 0 Å². The van der Waals surface area contributed by atoms with Crippen LogP contribution in [0.15, 0.2) is 48.5 Å². The third-order valence-corrected chi connectivity index (χ3v) is 3.39. The van der Waals surface area contributed by atoms with Crippen LogP contribution in [0, 0.1) is 6.92 Å². The molecular formula is C15H11Cl. The molecule has 1 heteroatoms. The number of hydrogen-bond donors (Lipinski definition) is 0. The van der Waals surface area contributed by atoms with E-state index in [1.807, 2.05) is 12.1 Å². The number of fused-ring (bicyclic) bond motifs is 3. The monoisotopic (exact) mass is 226 g/mol. The standard InChI is InChI=1S/C15H11Cl/c1-10-9-14-13(7-4-8-15(14)16)12-6-3-2-5-11(10)12/h2-9H,1H3. The summed E-state index contributed by atoms with van der Waals surface area (Å²) < 4.78 is 0. The molecule has 0 heterocycles. The van der Waals surface area contributed by atoms with Crippen LogP contribution in [0.25, 0.3) is 21.5 Å². The van der Waals surface area contributed by atoms with E-state index in [0.717, 1.165) is 10.4 Å². The molecule has 0 amide bonds. The van der Waals surface area contributed by atoms with E-state index in [4.69, 9.17) is 11.6 Å². The zero-order valence-electron chi connectivity index (χ0n) is 9.00. The molecular weight excluding hydrogens is 216 g/mol. The molecule has 0 saturated carbocycles. The van der Waals surface area contributed by atoms with E-state index < -0.39 is 0 Å². The lowest BCUT2D eigenvalue weighted by molar-refractivity contribution is 1.56. The van der Waals surface area contributed by atoms with Crippen molar-refractivity contribution in [1.82, 2.24) is 0 Å². The first-order valence-corrected chi connectivity index (χ1v) is 5.72. The molecule has 0 aliphatic carbocycles. The summed E-state index contributed by atoms with van der Waals surface area (Å²) in [6.07, 6.45) is 0. The highest BCUT2D eigenvalue weighted by Crippen LogP contribution is 2.32. The molecule has 0 bridgehead atoms. The SMILES string of the molecule is Cc1cc2c(Cl)cccc2c2ccccc12. The van der Waals surface area contributed by atoms with Gasteiger partial charge in [0, 0.05) is 10.4 Å². The maximum absolute atomic E-state index is 6.23. The summed E-state index contributed by atoms with van der Waals surface area (Å²) in [6, 6.07) is 16.7. The highest BCUT2D eigenvalue weighted by molar-refractivity contribution is 6.36. The van der Waals surface area contributed by atoms with Gasteiger partial charge in [-0.1, -0.05) is 48.0 Å². The molecule has 3 aromatic rings. The van der Waals surface area contributed by atoms with E-state index in [0.29, 0.717) is 0 Å². The van der Waals surface area contributed by atoms with Crippen LogP contribution < -0.4 is 0 Å². The molecule has 0 saturated heterocycles. The molecule has 0 unspecified atom stereocenters. The van der Waals surface area contributed by atoms with Gasteiger partial charge in [-0.05, 0) is 40.8 Å². The second-order valence-corrected chi connectivity index (χ2v) is 4.48. The second-order valence-electron chi connectivity index (χ2n) is 4.07. The zero-order chi connectivity index (χ0) is 11.1. The summed E-state index contributed by atoms with van der Waals surface area (Å²) in [7, 11) is 0. The highest BCUT2D eigenvalue weighted by Gasteiger charge is 2.05. The third-order valence-electron chi connectivity index (χ3n) is 3.06. The van der Waals surface area contributed by atoms with Crippen LogP contribution in [0.2, 0.25) is 5.02 Å². The van der Waals surface area contributed by atoms with E-state index in [2.05, 4.69) is 43.3 Å². The Hall–Kier alpha value is -1.53. The van der Waals surface area contributed by atoms with Gasteiger partial charge in [-0.25, -0.2) is 0 Å². The Morgan fingerprint density at radius 1 is 0.750 bits per heavy atom. The average molecular weight is 227 g/mol. The predicted molar refractivity (Wildman–Crippen MR) is 71.2 cm³/mol. The second kappa shape index (κ2) is 3.50. The summed E-state index contributed by atoms with van der Waals surface area (Å²) in [5, 5.41) is 5.78. The van der Waals surface area contributed by atoms with Gasteiger partial charge in [-0.2, -0.15) is 0 Å². The number of halogens is 1. The first-order valence-electron chi connectivity index (χ1n) is 5.34. The van der Waals surface area contributed by atoms with Crippen LogP contribution in [0.5, 0.6) is 0 Å². The molecule has 16 heavy (non-hydrogen) atoms. The highest BCUT2D eigenvalue weighted by atomic mass is 35.5. The summed E-state index contributed by atoms with van der Waals surface area (Å²) in [6.45, 7) is 2.13. The van der Waals surface area contributed by atoms with E-state index in [1.54, 1.807) is 0 Å².